The number of rotatable bonds is 6. The Kier molecular flexibility index (Phi) is 5.18. The number of nitrogens with zero attached hydrogens (tertiary/aromatic N) is 2. The van der Waals surface area contributed by atoms with Gasteiger partial charge in [-0.15, -0.1) is 11.3 Å². The van der Waals surface area contributed by atoms with Crippen molar-refractivity contribution in [1.29, 1.82) is 0 Å². The highest BCUT2D eigenvalue weighted by Gasteiger charge is 2.28. The van der Waals surface area contributed by atoms with Gasteiger partial charge in [0.25, 0.3) is 0 Å². The number of hydrogen-bond donors (Lipinski definition) is 3. The summed E-state index contributed by atoms with van der Waals surface area (Å²) in [6, 6.07) is 4.62. The summed E-state index contributed by atoms with van der Waals surface area (Å²) in [5, 5.41) is 13.1. The number of aromatic nitrogens is 3. The van der Waals surface area contributed by atoms with E-state index in [2.05, 4.69) is 25.4 Å². The Morgan fingerprint density at radius 1 is 1.30 bits per heavy atom. The Morgan fingerprint density at radius 2 is 2.04 bits per heavy atom. The van der Waals surface area contributed by atoms with Gasteiger partial charge < -0.3 is 9.84 Å². The molecule has 0 unspecified atom stereocenters. The zero-order chi connectivity index (χ0) is 19.8. The molecule has 0 radical (unpaired) electrons. The molecule has 3 heterocycles. The second kappa shape index (κ2) is 7.25. The smallest absolute Gasteiger partial charge is 0.246 e. The molecule has 3 aromatic rings. The maximum atomic E-state index is 12.5. The molecule has 3 rings (SSSR count). The molecule has 11 heteroatoms. The van der Waals surface area contributed by atoms with Crippen LogP contribution >= 0.6 is 11.3 Å². The number of hydrogen-bond acceptors (Lipinski definition) is 7. The van der Waals surface area contributed by atoms with E-state index in [0.29, 0.717) is 5.82 Å². The third-order valence-corrected chi connectivity index (χ3v) is 6.61. The van der Waals surface area contributed by atoms with Crippen LogP contribution in [-0.2, 0) is 14.8 Å². The van der Waals surface area contributed by atoms with Crippen molar-refractivity contribution in [2.75, 3.05) is 5.32 Å². The van der Waals surface area contributed by atoms with E-state index in [9.17, 15) is 13.2 Å². The van der Waals surface area contributed by atoms with Crippen molar-refractivity contribution in [3.8, 4) is 10.6 Å². The van der Waals surface area contributed by atoms with Crippen LogP contribution in [0.1, 0.15) is 23.3 Å². The summed E-state index contributed by atoms with van der Waals surface area (Å²) < 4.78 is 32.2. The number of aryl methyl sites for hydroxylation is 3. The van der Waals surface area contributed by atoms with Gasteiger partial charge in [-0.3, -0.25) is 9.89 Å². The van der Waals surface area contributed by atoms with Crippen LogP contribution in [0.25, 0.3) is 10.6 Å². The second-order valence-electron chi connectivity index (χ2n) is 6.06. The topological polar surface area (TPSA) is 130 Å². The van der Waals surface area contributed by atoms with Gasteiger partial charge in [-0.05, 0) is 39.8 Å². The summed E-state index contributed by atoms with van der Waals surface area (Å²) in [7, 11) is -3.94. The minimum absolute atomic E-state index is 0.0581. The van der Waals surface area contributed by atoms with E-state index in [1.165, 1.54) is 20.8 Å². The second-order valence-corrected chi connectivity index (χ2v) is 9.00. The van der Waals surface area contributed by atoms with Crippen molar-refractivity contribution >= 4 is 33.1 Å². The molecule has 144 valence electrons. The van der Waals surface area contributed by atoms with Gasteiger partial charge in [0.2, 0.25) is 15.9 Å². The first-order valence-corrected chi connectivity index (χ1v) is 10.4. The summed E-state index contributed by atoms with van der Waals surface area (Å²) in [5.74, 6) is -0.0639. The van der Waals surface area contributed by atoms with Crippen molar-refractivity contribution in [2.24, 2.45) is 0 Å². The first-order valence-electron chi connectivity index (χ1n) is 8.05. The van der Waals surface area contributed by atoms with Crippen molar-refractivity contribution in [3.63, 3.8) is 0 Å². The molecule has 1 atom stereocenters. The van der Waals surface area contributed by atoms with Crippen LogP contribution in [0.15, 0.2) is 27.6 Å². The number of H-pyrrole nitrogens is 1. The van der Waals surface area contributed by atoms with E-state index in [4.69, 9.17) is 4.52 Å². The van der Waals surface area contributed by atoms with Crippen molar-refractivity contribution in [3.05, 3.63) is 34.5 Å². The van der Waals surface area contributed by atoms with E-state index in [1.54, 1.807) is 17.4 Å². The molecule has 0 aliphatic rings. The van der Waals surface area contributed by atoms with Crippen molar-refractivity contribution < 1.29 is 17.7 Å². The molecule has 3 N–H and O–H groups in total. The van der Waals surface area contributed by atoms with Crippen LogP contribution < -0.4 is 10.0 Å². The first kappa shape index (κ1) is 19.3. The number of carbonyl (C=O) groups is 1. The van der Waals surface area contributed by atoms with Gasteiger partial charge in [0.15, 0.2) is 11.6 Å². The number of carbonyl (C=O) groups excluding carboxylic acids is 1. The van der Waals surface area contributed by atoms with Gasteiger partial charge in [0.1, 0.15) is 10.6 Å². The lowest BCUT2D eigenvalue weighted by molar-refractivity contribution is -0.117. The number of sulfonamides is 1. The minimum atomic E-state index is -3.94. The Bertz CT molecular complexity index is 1060. The molecular formula is C16H19N5O4S2. The van der Waals surface area contributed by atoms with Gasteiger partial charge in [-0.2, -0.15) is 9.82 Å². The van der Waals surface area contributed by atoms with Crippen LogP contribution in [-0.4, -0.2) is 35.7 Å². The Morgan fingerprint density at radius 3 is 2.63 bits per heavy atom. The number of anilines is 1. The highest BCUT2D eigenvalue weighted by molar-refractivity contribution is 7.89. The molecule has 0 aromatic carbocycles. The summed E-state index contributed by atoms with van der Waals surface area (Å²) in [6.45, 7) is 6.46. The van der Waals surface area contributed by atoms with E-state index >= 15 is 0 Å². The van der Waals surface area contributed by atoms with Gasteiger partial charge in [-0.1, -0.05) is 5.16 Å². The predicted molar refractivity (Wildman–Crippen MR) is 101 cm³/mol. The average Bonchev–Trinajstić information content (AvgIpc) is 3.28. The minimum Gasteiger partial charge on any atom is -0.360 e. The van der Waals surface area contributed by atoms with Crippen molar-refractivity contribution in [1.82, 2.24) is 20.1 Å². The molecule has 0 spiro atoms. The standard InChI is InChI=1S/C16H19N5O4S2/c1-8-5-6-13(26-8)12-7-14(19-18-12)17-16(22)10(3)21-27(23,24)15-9(2)20-25-11(15)4/h5-7,10,21H,1-4H3,(H2,17,18,19,22)/t10-/m0/s1. The molecule has 0 saturated heterocycles. The summed E-state index contributed by atoms with van der Waals surface area (Å²) in [5.41, 5.74) is 1.00. The fraction of sp³-hybridized carbons (Fsp3) is 0.312. The van der Waals surface area contributed by atoms with Gasteiger partial charge in [0.05, 0.1) is 16.6 Å². The van der Waals surface area contributed by atoms with Crippen LogP contribution in [0.5, 0.6) is 0 Å². The monoisotopic (exact) mass is 409 g/mol. The molecule has 1 amide bonds. The molecule has 3 aromatic heterocycles. The molecule has 0 aliphatic heterocycles. The van der Waals surface area contributed by atoms with E-state index in [0.717, 1.165) is 15.4 Å². The SMILES string of the molecule is Cc1ccc(-c2cc(NC(=O)[C@H](C)NS(=O)(=O)c3c(C)noc3C)n[nH]2)s1. The third-order valence-electron chi connectivity index (χ3n) is 3.80. The van der Waals surface area contributed by atoms with Crippen LogP contribution in [0.4, 0.5) is 5.82 Å². The highest BCUT2D eigenvalue weighted by Crippen LogP contribution is 2.27. The van der Waals surface area contributed by atoms with Gasteiger partial charge >= 0.3 is 0 Å². The average molecular weight is 409 g/mol. The van der Waals surface area contributed by atoms with E-state index in [1.807, 2.05) is 19.1 Å². The summed E-state index contributed by atoms with van der Waals surface area (Å²) in [6.07, 6.45) is 0. The van der Waals surface area contributed by atoms with Crippen molar-refractivity contribution in [2.45, 2.75) is 38.6 Å². The maximum Gasteiger partial charge on any atom is 0.246 e. The fourth-order valence-corrected chi connectivity index (χ4v) is 4.89. The predicted octanol–water partition coefficient (Wildman–Crippen LogP) is 2.36. The zero-order valence-electron chi connectivity index (χ0n) is 15.2. The number of amides is 1. The largest absolute Gasteiger partial charge is 0.360 e. The first-order chi connectivity index (χ1) is 12.7. The number of nitrogens with one attached hydrogen (secondary N) is 3. The molecular weight excluding hydrogens is 390 g/mol. The quantitative estimate of drug-likeness (QED) is 0.573. The third kappa shape index (κ3) is 4.10. The van der Waals surface area contributed by atoms with Gasteiger partial charge in [0, 0.05) is 10.9 Å². The van der Waals surface area contributed by atoms with Crippen LogP contribution in [0.2, 0.25) is 0 Å². The maximum absolute atomic E-state index is 12.5. The zero-order valence-corrected chi connectivity index (χ0v) is 16.8. The van der Waals surface area contributed by atoms with Crippen LogP contribution in [0, 0.1) is 20.8 Å². The number of aromatic amines is 1. The van der Waals surface area contributed by atoms with Gasteiger partial charge in [-0.25, -0.2) is 8.42 Å². The lowest BCUT2D eigenvalue weighted by Crippen LogP contribution is -2.41. The number of thiophene rings is 1. The summed E-state index contributed by atoms with van der Waals surface area (Å²) >= 11 is 1.60. The highest BCUT2D eigenvalue weighted by atomic mass is 32.2. The normalized spacial score (nSPS) is 12.9. The molecule has 0 saturated carbocycles. The van der Waals surface area contributed by atoms with E-state index < -0.39 is 22.0 Å². The molecule has 0 bridgehead atoms. The Labute approximate surface area is 160 Å². The molecule has 9 nitrogen and oxygen atoms in total. The summed E-state index contributed by atoms with van der Waals surface area (Å²) in [4.78, 5) is 14.4. The Balaban J connectivity index is 1.69. The molecule has 0 aliphatic carbocycles. The van der Waals surface area contributed by atoms with Crippen LogP contribution in [0.3, 0.4) is 0 Å². The fourth-order valence-electron chi connectivity index (χ4n) is 2.53. The van der Waals surface area contributed by atoms with E-state index in [-0.39, 0.29) is 16.3 Å². The lowest BCUT2D eigenvalue weighted by atomic mass is 10.3. The molecule has 0 fully saturated rings. The molecule has 27 heavy (non-hydrogen) atoms. The lowest BCUT2D eigenvalue weighted by Gasteiger charge is -2.13. The Hall–Kier alpha value is -2.50.